The van der Waals surface area contributed by atoms with Gasteiger partial charge in [0.1, 0.15) is 9.88 Å². The fourth-order valence-electron chi connectivity index (χ4n) is 1.82. The van der Waals surface area contributed by atoms with Crippen molar-refractivity contribution in [2.75, 3.05) is 0 Å². The summed E-state index contributed by atoms with van der Waals surface area (Å²) in [6.07, 6.45) is 0. The first-order valence-corrected chi connectivity index (χ1v) is 7.01. The van der Waals surface area contributed by atoms with Crippen LogP contribution in [0.1, 0.15) is 36.1 Å². The van der Waals surface area contributed by atoms with Crippen LogP contribution in [0.25, 0.3) is 10.6 Å². The number of aromatic nitrogens is 1. The number of hydrogen-bond acceptors (Lipinski definition) is 5. The highest BCUT2D eigenvalue weighted by Crippen LogP contribution is 2.34. The van der Waals surface area contributed by atoms with Crippen molar-refractivity contribution in [3.63, 3.8) is 0 Å². The number of carbonyl (C=O) groups is 1. The van der Waals surface area contributed by atoms with Gasteiger partial charge in [-0.1, -0.05) is 20.8 Å². The second-order valence-corrected chi connectivity index (χ2v) is 6.55. The molecule has 0 spiro atoms. The molecule has 0 aliphatic rings. The van der Waals surface area contributed by atoms with E-state index in [1.807, 2.05) is 20.8 Å². The van der Waals surface area contributed by atoms with E-state index in [0.29, 0.717) is 16.3 Å². The minimum atomic E-state index is -1.01. The molecule has 0 atom stereocenters. The summed E-state index contributed by atoms with van der Waals surface area (Å²) in [5, 5.41) is 20.5. The highest BCUT2D eigenvalue weighted by atomic mass is 32.1. The number of rotatable bonds is 3. The van der Waals surface area contributed by atoms with Gasteiger partial charge in [0.2, 0.25) is 0 Å². The van der Waals surface area contributed by atoms with E-state index in [9.17, 15) is 20.0 Å². The Hall–Kier alpha value is -2.28. The summed E-state index contributed by atoms with van der Waals surface area (Å²) in [6.45, 7) is 5.69. The number of nitrogens with zero attached hydrogens (tertiary/aromatic N) is 2. The molecule has 0 amide bonds. The van der Waals surface area contributed by atoms with Crippen LogP contribution < -0.4 is 0 Å². The van der Waals surface area contributed by atoms with Gasteiger partial charge in [0, 0.05) is 23.1 Å². The Morgan fingerprint density at radius 2 is 1.86 bits per heavy atom. The molecule has 1 N–H and O–H groups in total. The third kappa shape index (κ3) is 3.08. The van der Waals surface area contributed by atoms with E-state index < -0.39 is 10.9 Å². The van der Waals surface area contributed by atoms with Gasteiger partial charge in [0.15, 0.2) is 0 Å². The SMILES string of the molecule is CC(C)(C)c1nc(-c2ccc([N+](=O)[O-])cc2)sc1C(=O)O. The molecule has 0 unspecified atom stereocenters. The van der Waals surface area contributed by atoms with Crippen molar-refractivity contribution in [3.8, 4) is 10.6 Å². The highest BCUT2D eigenvalue weighted by molar-refractivity contribution is 7.17. The summed E-state index contributed by atoms with van der Waals surface area (Å²) in [5.41, 5.74) is 0.797. The Balaban J connectivity index is 2.50. The van der Waals surface area contributed by atoms with Gasteiger partial charge in [0.05, 0.1) is 10.6 Å². The lowest BCUT2D eigenvalue weighted by Gasteiger charge is -2.15. The molecule has 0 aliphatic carbocycles. The molecule has 0 saturated carbocycles. The Morgan fingerprint density at radius 1 is 1.29 bits per heavy atom. The average Bonchev–Trinajstić information content (AvgIpc) is 2.84. The van der Waals surface area contributed by atoms with Gasteiger partial charge in [0.25, 0.3) is 5.69 Å². The van der Waals surface area contributed by atoms with E-state index in [-0.39, 0.29) is 16.0 Å². The van der Waals surface area contributed by atoms with Crippen LogP contribution in [0.5, 0.6) is 0 Å². The van der Waals surface area contributed by atoms with Gasteiger partial charge in [-0.3, -0.25) is 10.1 Å². The van der Waals surface area contributed by atoms with Crippen LogP contribution in [-0.2, 0) is 5.41 Å². The monoisotopic (exact) mass is 306 g/mol. The smallest absolute Gasteiger partial charge is 0.347 e. The summed E-state index contributed by atoms with van der Waals surface area (Å²) in [6, 6.07) is 5.92. The van der Waals surface area contributed by atoms with E-state index in [0.717, 1.165) is 11.3 Å². The molecule has 0 bridgehead atoms. The molecule has 1 heterocycles. The lowest BCUT2D eigenvalue weighted by Crippen LogP contribution is -2.16. The molecule has 0 aliphatic heterocycles. The summed E-state index contributed by atoms with van der Waals surface area (Å²) in [7, 11) is 0. The Bertz CT molecular complexity index is 699. The first-order chi connectivity index (χ1) is 9.70. The molecule has 7 heteroatoms. The maximum atomic E-state index is 11.3. The van der Waals surface area contributed by atoms with E-state index in [1.165, 1.54) is 12.1 Å². The van der Waals surface area contributed by atoms with Crippen molar-refractivity contribution in [1.29, 1.82) is 0 Å². The molecule has 0 fully saturated rings. The van der Waals surface area contributed by atoms with Gasteiger partial charge in [-0.05, 0) is 12.1 Å². The zero-order valence-corrected chi connectivity index (χ0v) is 12.6. The molecule has 6 nitrogen and oxygen atoms in total. The van der Waals surface area contributed by atoms with Gasteiger partial charge < -0.3 is 5.11 Å². The predicted octanol–water partition coefficient (Wildman–Crippen LogP) is 3.71. The minimum Gasteiger partial charge on any atom is -0.477 e. The fourth-order valence-corrected chi connectivity index (χ4v) is 2.94. The Labute approximate surface area is 125 Å². The van der Waals surface area contributed by atoms with Crippen LogP contribution in [-0.4, -0.2) is 21.0 Å². The van der Waals surface area contributed by atoms with Crippen LogP contribution >= 0.6 is 11.3 Å². The maximum Gasteiger partial charge on any atom is 0.347 e. The minimum absolute atomic E-state index is 0.00944. The second-order valence-electron chi connectivity index (χ2n) is 5.56. The largest absolute Gasteiger partial charge is 0.477 e. The lowest BCUT2D eigenvalue weighted by atomic mass is 9.91. The first-order valence-electron chi connectivity index (χ1n) is 6.19. The van der Waals surface area contributed by atoms with Crippen molar-refractivity contribution in [2.24, 2.45) is 0 Å². The predicted molar refractivity (Wildman–Crippen MR) is 79.9 cm³/mol. The molecule has 2 aromatic rings. The summed E-state index contributed by atoms with van der Waals surface area (Å²) >= 11 is 1.08. The van der Waals surface area contributed by atoms with Gasteiger partial charge >= 0.3 is 5.97 Å². The molecule has 2 rings (SSSR count). The molecular weight excluding hydrogens is 292 g/mol. The number of aromatic carboxylic acids is 1. The van der Waals surface area contributed by atoms with Crippen molar-refractivity contribution in [1.82, 2.24) is 4.98 Å². The quantitative estimate of drug-likeness (QED) is 0.689. The number of carboxylic acid groups (broad SMARTS) is 1. The van der Waals surface area contributed by atoms with E-state index in [1.54, 1.807) is 12.1 Å². The van der Waals surface area contributed by atoms with Crippen LogP contribution in [0.15, 0.2) is 24.3 Å². The van der Waals surface area contributed by atoms with Crippen molar-refractivity contribution in [3.05, 3.63) is 45.0 Å². The average molecular weight is 306 g/mol. The number of carboxylic acids is 1. The molecule has 110 valence electrons. The molecule has 1 aromatic heterocycles. The highest BCUT2D eigenvalue weighted by Gasteiger charge is 2.27. The van der Waals surface area contributed by atoms with Gasteiger partial charge in [-0.25, -0.2) is 9.78 Å². The van der Waals surface area contributed by atoms with Crippen molar-refractivity contribution < 1.29 is 14.8 Å². The third-order valence-corrected chi connectivity index (χ3v) is 3.95. The second kappa shape index (κ2) is 5.25. The third-order valence-electron chi connectivity index (χ3n) is 2.86. The summed E-state index contributed by atoms with van der Waals surface area (Å²) < 4.78 is 0. The summed E-state index contributed by atoms with van der Waals surface area (Å²) in [5.74, 6) is -1.01. The number of hydrogen-bond donors (Lipinski definition) is 1. The zero-order valence-electron chi connectivity index (χ0n) is 11.8. The van der Waals surface area contributed by atoms with Crippen LogP contribution in [0, 0.1) is 10.1 Å². The Kier molecular flexibility index (Phi) is 3.78. The number of nitro benzene ring substituents is 1. The number of thiazole rings is 1. The van der Waals surface area contributed by atoms with Crippen molar-refractivity contribution in [2.45, 2.75) is 26.2 Å². The number of non-ortho nitro benzene ring substituents is 1. The zero-order chi connectivity index (χ0) is 15.8. The Morgan fingerprint density at radius 3 is 2.24 bits per heavy atom. The lowest BCUT2D eigenvalue weighted by molar-refractivity contribution is -0.384. The van der Waals surface area contributed by atoms with E-state index in [2.05, 4.69) is 4.98 Å². The van der Waals surface area contributed by atoms with Gasteiger partial charge in [-0.2, -0.15) is 0 Å². The van der Waals surface area contributed by atoms with Crippen LogP contribution in [0.2, 0.25) is 0 Å². The fraction of sp³-hybridized carbons (Fsp3) is 0.286. The van der Waals surface area contributed by atoms with Crippen molar-refractivity contribution >= 4 is 23.0 Å². The standard InChI is InChI=1S/C14H14N2O4S/c1-14(2,3)11-10(13(17)18)21-12(15-11)8-4-6-9(7-5-8)16(19)20/h4-7H,1-3H3,(H,17,18). The molecule has 0 saturated heterocycles. The molecule has 0 radical (unpaired) electrons. The number of benzene rings is 1. The maximum absolute atomic E-state index is 11.3. The van der Waals surface area contributed by atoms with Crippen LogP contribution in [0.4, 0.5) is 5.69 Å². The first kappa shape index (κ1) is 15.1. The molecule has 1 aromatic carbocycles. The normalized spacial score (nSPS) is 11.4. The molecular formula is C14H14N2O4S. The van der Waals surface area contributed by atoms with E-state index >= 15 is 0 Å². The van der Waals surface area contributed by atoms with Gasteiger partial charge in [-0.15, -0.1) is 11.3 Å². The summed E-state index contributed by atoms with van der Waals surface area (Å²) in [4.78, 5) is 26.1. The number of nitro groups is 1. The van der Waals surface area contributed by atoms with Crippen LogP contribution in [0.3, 0.4) is 0 Å². The van der Waals surface area contributed by atoms with E-state index in [4.69, 9.17) is 0 Å². The molecule has 21 heavy (non-hydrogen) atoms. The topological polar surface area (TPSA) is 93.3 Å².